The van der Waals surface area contributed by atoms with Gasteiger partial charge in [0.15, 0.2) is 0 Å². The van der Waals surface area contributed by atoms with Crippen LogP contribution in [0.15, 0.2) is 29.4 Å². The number of benzene rings is 1. The van der Waals surface area contributed by atoms with E-state index >= 15 is 0 Å². The number of hydrogen-bond acceptors (Lipinski definition) is 3. The monoisotopic (exact) mass is 223 g/mol. The molecule has 0 aromatic heterocycles. The number of hydrogen-bond donors (Lipinski definition) is 3. The first-order chi connectivity index (χ1) is 6.72. The number of nitriles is 1. The summed E-state index contributed by atoms with van der Waals surface area (Å²) in [5.41, 5.74) is 8.64. The largest absolute Gasteiger partial charge is 0.369 e. The van der Waals surface area contributed by atoms with E-state index in [9.17, 15) is 0 Å². The van der Waals surface area contributed by atoms with Gasteiger partial charge in [0.2, 0.25) is 5.96 Å². The van der Waals surface area contributed by atoms with Crippen LogP contribution in [0.2, 0.25) is 0 Å². The van der Waals surface area contributed by atoms with Crippen LogP contribution in [0.25, 0.3) is 0 Å². The summed E-state index contributed by atoms with van der Waals surface area (Å²) in [5, 5.41) is 19.1. The number of nitrogens with zero attached hydrogens (tertiary/aromatic N) is 2. The summed E-state index contributed by atoms with van der Waals surface area (Å²) in [6, 6.07) is 8.96. The molecule has 1 rings (SSSR count). The molecule has 0 bridgehead atoms. The van der Waals surface area contributed by atoms with Crippen LogP contribution in [0.3, 0.4) is 0 Å². The third-order valence-electron chi connectivity index (χ3n) is 1.41. The van der Waals surface area contributed by atoms with Crippen molar-refractivity contribution in [2.24, 2.45) is 10.8 Å². The molecule has 0 fully saturated rings. The zero-order valence-electron chi connectivity index (χ0n) is 7.77. The van der Waals surface area contributed by atoms with Gasteiger partial charge in [-0.05, 0) is 17.7 Å². The highest BCUT2D eigenvalue weighted by atomic mass is 35.5. The minimum absolute atomic E-state index is 0. The number of hydrazone groups is 1. The molecule has 0 atom stereocenters. The zero-order valence-corrected chi connectivity index (χ0v) is 8.58. The number of nitrogens with one attached hydrogen (secondary N) is 2. The standard InChI is InChI=1S/C9H9N5.ClH/c10-5-7-2-1-3-8(4-7)6-13-14-9(11)12;/h1-4,6H,(H4,11,12,14);1H. The highest BCUT2D eigenvalue weighted by Crippen LogP contribution is 2.00. The molecular formula is C9H10ClN5. The van der Waals surface area contributed by atoms with Crippen molar-refractivity contribution in [1.29, 1.82) is 10.7 Å². The van der Waals surface area contributed by atoms with E-state index in [1.807, 2.05) is 6.07 Å². The Morgan fingerprint density at radius 2 is 2.33 bits per heavy atom. The van der Waals surface area contributed by atoms with Gasteiger partial charge in [-0.3, -0.25) is 5.41 Å². The van der Waals surface area contributed by atoms with E-state index in [0.717, 1.165) is 5.56 Å². The molecule has 0 unspecified atom stereocenters. The molecule has 6 heteroatoms. The number of guanidine groups is 1. The van der Waals surface area contributed by atoms with Crippen molar-refractivity contribution in [2.75, 3.05) is 0 Å². The van der Waals surface area contributed by atoms with Crippen molar-refractivity contribution in [1.82, 2.24) is 5.43 Å². The summed E-state index contributed by atoms with van der Waals surface area (Å²) in [4.78, 5) is 0. The molecule has 0 aliphatic rings. The van der Waals surface area contributed by atoms with Crippen LogP contribution in [-0.4, -0.2) is 12.2 Å². The van der Waals surface area contributed by atoms with Crippen LogP contribution in [0.4, 0.5) is 0 Å². The molecule has 4 N–H and O–H groups in total. The molecule has 0 saturated carbocycles. The average molecular weight is 224 g/mol. The molecule has 5 nitrogen and oxygen atoms in total. The van der Waals surface area contributed by atoms with Gasteiger partial charge in [0, 0.05) is 0 Å². The van der Waals surface area contributed by atoms with E-state index in [1.54, 1.807) is 24.3 Å². The molecule has 1 aromatic carbocycles. The number of halogens is 1. The number of rotatable bonds is 2. The molecule has 15 heavy (non-hydrogen) atoms. The van der Waals surface area contributed by atoms with Crippen LogP contribution < -0.4 is 11.2 Å². The van der Waals surface area contributed by atoms with Crippen LogP contribution in [0.5, 0.6) is 0 Å². The second-order valence-electron chi connectivity index (χ2n) is 2.52. The first-order valence-electron chi connectivity index (χ1n) is 3.85. The molecule has 1 aromatic rings. The van der Waals surface area contributed by atoms with Crippen LogP contribution in [-0.2, 0) is 0 Å². The van der Waals surface area contributed by atoms with Gasteiger partial charge in [-0.2, -0.15) is 10.4 Å². The van der Waals surface area contributed by atoms with Crippen molar-refractivity contribution in [3.8, 4) is 6.07 Å². The Hall–Kier alpha value is -2.06. The van der Waals surface area contributed by atoms with E-state index in [4.69, 9.17) is 16.4 Å². The summed E-state index contributed by atoms with van der Waals surface area (Å²) in [7, 11) is 0. The summed E-state index contributed by atoms with van der Waals surface area (Å²) in [6.07, 6.45) is 1.49. The van der Waals surface area contributed by atoms with Gasteiger partial charge < -0.3 is 5.73 Å². The molecule has 0 heterocycles. The minimum atomic E-state index is -0.224. The average Bonchev–Trinajstić information content (AvgIpc) is 2.18. The van der Waals surface area contributed by atoms with Crippen LogP contribution in [0.1, 0.15) is 11.1 Å². The maximum absolute atomic E-state index is 8.61. The first-order valence-corrected chi connectivity index (χ1v) is 3.85. The normalized spacial score (nSPS) is 9.00. The predicted molar refractivity (Wildman–Crippen MR) is 61.0 cm³/mol. The second kappa shape index (κ2) is 6.40. The molecule has 0 aliphatic heterocycles. The Labute approximate surface area is 93.5 Å². The lowest BCUT2D eigenvalue weighted by molar-refractivity contribution is 1.00. The topological polar surface area (TPSA) is 98.0 Å². The zero-order chi connectivity index (χ0) is 10.4. The third kappa shape index (κ3) is 4.64. The van der Waals surface area contributed by atoms with Gasteiger partial charge in [-0.15, -0.1) is 12.4 Å². The van der Waals surface area contributed by atoms with Crippen molar-refractivity contribution in [3.63, 3.8) is 0 Å². The van der Waals surface area contributed by atoms with Crippen LogP contribution in [0, 0.1) is 16.7 Å². The maximum atomic E-state index is 8.61. The van der Waals surface area contributed by atoms with E-state index in [2.05, 4.69) is 10.5 Å². The smallest absolute Gasteiger partial charge is 0.206 e. The predicted octanol–water partition coefficient (Wildman–Crippen LogP) is 0.797. The quantitative estimate of drug-likeness (QED) is 0.393. The first kappa shape index (κ1) is 12.9. The molecule has 78 valence electrons. The Bertz CT molecular complexity index is 407. The highest BCUT2D eigenvalue weighted by molar-refractivity contribution is 5.85. The van der Waals surface area contributed by atoms with Crippen molar-refractivity contribution < 1.29 is 0 Å². The Balaban J connectivity index is 0.00000196. The van der Waals surface area contributed by atoms with Crippen molar-refractivity contribution >= 4 is 24.6 Å². The fraction of sp³-hybridized carbons (Fsp3) is 0. The second-order valence-corrected chi connectivity index (χ2v) is 2.52. The van der Waals surface area contributed by atoms with Gasteiger partial charge in [0.25, 0.3) is 0 Å². The fourth-order valence-corrected chi connectivity index (χ4v) is 0.865. The lowest BCUT2D eigenvalue weighted by atomic mass is 10.1. The Kier molecular flexibility index (Phi) is 5.52. The van der Waals surface area contributed by atoms with E-state index in [1.165, 1.54) is 6.21 Å². The summed E-state index contributed by atoms with van der Waals surface area (Å²) in [6.45, 7) is 0. The van der Waals surface area contributed by atoms with Crippen LogP contribution >= 0.6 is 12.4 Å². The lowest BCUT2D eigenvalue weighted by Gasteiger charge is -1.95. The van der Waals surface area contributed by atoms with E-state index < -0.39 is 0 Å². The van der Waals surface area contributed by atoms with Gasteiger partial charge in [-0.25, -0.2) is 5.43 Å². The van der Waals surface area contributed by atoms with Gasteiger partial charge in [0.1, 0.15) is 0 Å². The molecule has 0 saturated heterocycles. The molecule has 0 spiro atoms. The molecular weight excluding hydrogens is 214 g/mol. The van der Waals surface area contributed by atoms with Gasteiger partial charge in [0.05, 0.1) is 17.8 Å². The summed E-state index contributed by atoms with van der Waals surface area (Å²) in [5.74, 6) is -0.224. The molecule has 0 amide bonds. The van der Waals surface area contributed by atoms with E-state index in [-0.39, 0.29) is 18.4 Å². The van der Waals surface area contributed by atoms with Crippen molar-refractivity contribution in [2.45, 2.75) is 0 Å². The number of nitrogens with two attached hydrogens (primary N) is 1. The molecule has 0 aliphatic carbocycles. The van der Waals surface area contributed by atoms with Gasteiger partial charge >= 0.3 is 0 Å². The summed E-state index contributed by atoms with van der Waals surface area (Å²) >= 11 is 0. The Morgan fingerprint density at radius 1 is 1.60 bits per heavy atom. The third-order valence-corrected chi connectivity index (χ3v) is 1.41. The highest BCUT2D eigenvalue weighted by Gasteiger charge is 1.90. The van der Waals surface area contributed by atoms with Gasteiger partial charge in [-0.1, -0.05) is 12.1 Å². The minimum Gasteiger partial charge on any atom is -0.369 e. The summed E-state index contributed by atoms with van der Waals surface area (Å²) < 4.78 is 0. The SMILES string of the molecule is Cl.N#Cc1cccc(C=NNC(=N)N)c1. The lowest BCUT2D eigenvalue weighted by Crippen LogP contribution is -2.25. The van der Waals surface area contributed by atoms with Crippen molar-refractivity contribution in [3.05, 3.63) is 35.4 Å². The van der Waals surface area contributed by atoms with E-state index in [0.29, 0.717) is 5.56 Å². The maximum Gasteiger partial charge on any atom is 0.206 e. The molecule has 0 radical (unpaired) electrons. The Morgan fingerprint density at radius 3 is 2.93 bits per heavy atom. The fourth-order valence-electron chi connectivity index (χ4n) is 0.865.